The van der Waals surface area contributed by atoms with Gasteiger partial charge in [-0.1, -0.05) is 26.2 Å². The summed E-state index contributed by atoms with van der Waals surface area (Å²) in [6, 6.07) is 1.94. The van der Waals surface area contributed by atoms with E-state index in [-0.39, 0.29) is 6.03 Å². The van der Waals surface area contributed by atoms with Crippen LogP contribution in [0, 0.1) is 0 Å². The first-order valence-electron chi connectivity index (χ1n) is 9.59. The summed E-state index contributed by atoms with van der Waals surface area (Å²) < 4.78 is 0. The van der Waals surface area contributed by atoms with Crippen molar-refractivity contribution in [3.8, 4) is 0 Å². The van der Waals surface area contributed by atoms with Crippen molar-refractivity contribution < 1.29 is 4.79 Å². The lowest BCUT2D eigenvalue weighted by molar-refractivity contribution is 0.0663. The Labute approximate surface area is 135 Å². The number of hydrogen-bond acceptors (Lipinski definition) is 2. The van der Waals surface area contributed by atoms with Crippen molar-refractivity contribution in [2.75, 3.05) is 19.6 Å². The highest BCUT2D eigenvalue weighted by molar-refractivity contribution is 5.75. The van der Waals surface area contributed by atoms with Gasteiger partial charge in [-0.3, -0.25) is 0 Å². The highest BCUT2D eigenvalue weighted by atomic mass is 16.2. The standard InChI is InChI=1S/C18H33N3O/c1-2-3-5-10-19-18(22)21-15-8-9-16(21)14-17(13-15)20-11-6-4-7-12-20/h15-17H,2-14H2,1H3,(H,19,22)/t15-,16+,17-. The van der Waals surface area contributed by atoms with E-state index >= 15 is 0 Å². The van der Waals surface area contributed by atoms with Crippen LogP contribution in [0.5, 0.6) is 0 Å². The first-order valence-corrected chi connectivity index (χ1v) is 9.59. The number of piperidine rings is 2. The number of urea groups is 1. The molecule has 4 heteroatoms. The smallest absolute Gasteiger partial charge is 0.317 e. The van der Waals surface area contributed by atoms with Gasteiger partial charge in [-0.2, -0.15) is 0 Å². The van der Waals surface area contributed by atoms with Gasteiger partial charge in [-0.05, 0) is 58.0 Å². The minimum atomic E-state index is 0.209. The van der Waals surface area contributed by atoms with Crippen molar-refractivity contribution in [1.29, 1.82) is 0 Å². The van der Waals surface area contributed by atoms with Crippen LogP contribution in [0.2, 0.25) is 0 Å². The molecule has 4 nitrogen and oxygen atoms in total. The summed E-state index contributed by atoms with van der Waals surface area (Å²) in [5.74, 6) is 0. The molecule has 0 aromatic carbocycles. The number of unbranched alkanes of at least 4 members (excludes halogenated alkanes) is 2. The van der Waals surface area contributed by atoms with Crippen LogP contribution in [0.3, 0.4) is 0 Å². The normalized spacial score (nSPS) is 32.2. The van der Waals surface area contributed by atoms with Crippen molar-refractivity contribution in [3.63, 3.8) is 0 Å². The second-order valence-corrected chi connectivity index (χ2v) is 7.45. The minimum Gasteiger partial charge on any atom is -0.338 e. The monoisotopic (exact) mass is 307 g/mol. The van der Waals surface area contributed by atoms with Crippen molar-refractivity contribution in [2.24, 2.45) is 0 Å². The number of rotatable bonds is 5. The molecular weight excluding hydrogens is 274 g/mol. The van der Waals surface area contributed by atoms with E-state index in [2.05, 4.69) is 22.0 Å². The second-order valence-electron chi connectivity index (χ2n) is 7.45. The van der Waals surface area contributed by atoms with Gasteiger partial charge in [0.05, 0.1) is 0 Å². The van der Waals surface area contributed by atoms with Crippen LogP contribution < -0.4 is 5.32 Å². The van der Waals surface area contributed by atoms with Crippen molar-refractivity contribution in [2.45, 2.75) is 89.3 Å². The van der Waals surface area contributed by atoms with Gasteiger partial charge in [0, 0.05) is 24.7 Å². The molecule has 0 saturated carbocycles. The number of nitrogens with one attached hydrogen (secondary N) is 1. The third-order valence-electron chi connectivity index (χ3n) is 5.91. The molecule has 3 heterocycles. The van der Waals surface area contributed by atoms with Crippen molar-refractivity contribution >= 4 is 6.03 Å². The van der Waals surface area contributed by atoms with Crippen LogP contribution in [0.4, 0.5) is 4.79 Å². The molecule has 0 radical (unpaired) electrons. The summed E-state index contributed by atoms with van der Waals surface area (Å²) in [5.41, 5.74) is 0. The number of carbonyl (C=O) groups excluding carboxylic acids is 1. The highest BCUT2D eigenvalue weighted by Gasteiger charge is 2.44. The first-order chi connectivity index (χ1) is 10.8. The van der Waals surface area contributed by atoms with Gasteiger partial charge in [-0.15, -0.1) is 0 Å². The fraction of sp³-hybridized carbons (Fsp3) is 0.944. The van der Waals surface area contributed by atoms with Crippen molar-refractivity contribution in [1.82, 2.24) is 15.1 Å². The molecule has 3 saturated heterocycles. The molecule has 2 bridgehead atoms. The van der Waals surface area contributed by atoms with Gasteiger partial charge in [-0.25, -0.2) is 4.79 Å². The molecular formula is C18H33N3O. The largest absolute Gasteiger partial charge is 0.338 e. The summed E-state index contributed by atoms with van der Waals surface area (Å²) in [6.45, 7) is 5.62. The van der Waals surface area contributed by atoms with Crippen LogP contribution in [0.25, 0.3) is 0 Å². The predicted molar refractivity (Wildman–Crippen MR) is 90.0 cm³/mol. The molecule has 0 unspecified atom stereocenters. The Balaban J connectivity index is 1.50. The average molecular weight is 307 g/mol. The summed E-state index contributed by atoms with van der Waals surface area (Å²) in [5, 5.41) is 3.16. The predicted octanol–water partition coefficient (Wildman–Crippen LogP) is 3.37. The van der Waals surface area contributed by atoms with Gasteiger partial charge in [0.25, 0.3) is 0 Å². The van der Waals surface area contributed by atoms with E-state index in [1.165, 1.54) is 70.9 Å². The SMILES string of the molecule is CCCCCNC(=O)N1[C@@H]2CC[C@H]1C[C@H](N1CCCCC1)C2. The summed E-state index contributed by atoms with van der Waals surface area (Å²) in [6.07, 6.45) is 12.5. The topological polar surface area (TPSA) is 35.6 Å². The van der Waals surface area contributed by atoms with Crippen LogP contribution in [-0.4, -0.2) is 53.6 Å². The third-order valence-corrected chi connectivity index (χ3v) is 5.91. The minimum absolute atomic E-state index is 0.209. The zero-order valence-corrected chi connectivity index (χ0v) is 14.2. The number of nitrogens with zero attached hydrogens (tertiary/aromatic N) is 2. The maximum atomic E-state index is 12.5. The van der Waals surface area contributed by atoms with Gasteiger partial charge in [0.1, 0.15) is 0 Å². The Hall–Kier alpha value is -0.770. The second kappa shape index (κ2) is 7.67. The molecule has 3 aliphatic heterocycles. The van der Waals surface area contributed by atoms with Crippen LogP contribution >= 0.6 is 0 Å². The van der Waals surface area contributed by atoms with E-state index in [1.807, 2.05) is 0 Å². The quantitative estimate of drug-likeness (QED) is 0.791. The van der Waals surface area contributed by atoms with E-state index in [0.717, 1.165) is 19.0 Å². The number of carbonyl (C=O) groups is 1. The maximum Gasteiger partial charge on any atom is 0.317 e. The first kappa shape index (κ1) is 16.1. The number of hydrogen-bond donors (Lipinski definition) is 1. The summed E-state index contributed by atoms with van der Waals surface area (Å²) in [4.78, 5) is 17.4. The Bertz CT molecular complexity index is 353. The molecule has 2 amide bonds. The summed E-state index contributed by atoms with van der Waals surface area (Å²) >= 11 is 0. The fourth-order valence-electron chi connectivity index (χ4n) is 4.72. The Kier molecular flexibility index (Phi) is 5.61. The Morgan fingerprint density at radius 2 is 1.68 bits per heavy atom. The summed E-state index contributed by atoms with van der Waals surface area (Å²) in [7, 11) is 0. The van der Waals surface area contributed by atoms with E-state index in [1.54, 1.807) is 0 Å². The lowest BCUT2D eigenvalue weighted by Gasteiger charge is -2.44. The number of amides is 2. The molecule has 3 fully saturated rings. The molecule has 0 aliphatic carbocycles. The zero-order valence-electron chi connectivity index (χ0n) is 14.2. The molecule has 22 heavy (non-hydrogen) atoms. The number of likely N-dealkylation sites (tertiary alicyclic amines) is 1. The lowest BCUT2D eigenvalue weighted by Crippen LogP contribution is -2.55. The van der Waals surface area contributed by atoms with Crippen LogP contribution in [0.15, 0.2) is 0 Å². The Morgan fingerprint density at radius 1 is 1.00 bits per heavy atom. The number of fused-ring (bicyclic) bond motifs is 2. The molecule has 1 N–H and O–H groups in total. The lowest BCUT2D eigenvalue weighted by atomic mass is 9.94. The average Bonchev–Trinajstić information content (AvgIpc) is 2.82. The maximum absolute atomic E-state index is 12.5. The van der Waals surface area contributed by atoms with Gasteiger partial charge >= 0.3 is 6.03 Å². The molecule has 0 spiro atoms. The molecule has 3 rings (SSSR count). The molecule has 3 aliphatic rings. The third kappa shape index (κ3) is 3.58. The Morgan fingerprint density at radius 3 is 2.32 bits per heavy atom. The molecule has 0 aromatic rings. The van der Waals surface area contributed by atoms with Crippen LogP contribution in [0.1, 0.15) is 71.1 Å². The molecule has 3 atom stereocenters. The van der Waals surface area contributed by atoms with Gasteiger partial charge in [0.15, 0.2) is 0 Å². The van der Waals surface area contributed by atoms with Crippen LogP contribution in [-0.2, 0) is 0 Å². The molecule has 126 valence electrons. The van der Waals surface area contributed by atoms with E-state index in [4.69, 9.17) is 0 Å². The van der Waals surface area contributed by atoms with Gasteiger partial charge in [0.2, 0.25) is 0 Å². The van der Waals surface area contributed by atoms with Crippen molar-refractivity contribution in [3.05, 3.63) is 0 Å². The van der Waals surface area contributed by atoms with E-state index < -0.39 is 0 Å². The molecule has 0 aromatic heterocycles. The zero-order chi connectivity index (χ0) is 15.4. The van der Waals surface area contributed by atoms with E-state index in [9.17, 15) is 4.79 Å². The van der Waals surface area contributed by atoms with E-state index in [0.29, 0.717) is 12.1 Å². The van der Waals surface area contributed by atoms with Gasteiger partial charge < -0.3 is 15.1 Å². The highest BCUT2D eigenvalue weighted by Crippen LogP contribution is 2.38. The fourth-order valence-corrected chi connectivity index (χ4v) is 4.72.